The third-order valence-electron chi connectivity index (χ3n) is 5.05. The van der Waals surface area contributed by atoms with Crippen LogP contribution >= 0.6 is 11.3 Å². The van der Waals surface area contributed by atoms with Gasteiger partial charge in [-0.3, -0.25) is 9.97 Å². The molecule has 9 heteroatoms. The van der Waals surface area contributed by atoms with Gasteiger partial charge < -0.3 is 10.5 Å². The first kappa shape index (κ1) is 20.4. The molecule has 1 unspecified atom stereocenters. The summed E-state index contributed by atoms with van der Waals surface area (Å²) in [5.41, 5.74) is 5.54. The topological polar surface area (TPSA) is 95.4 Å². The molecule has 4 heterocycles. The van der Waals surface area contributed by atoms with Crippen LogP contribution in [-0.2, 0) is 10.0 Å². The molecule has 0 radical (unpaired) electrons. The lowest BCUT2D eigenvalue weighted by atomic mass is 10.1. The number of hydrogen-bond acceptors (Lipinski definition) is 7. The van der Waals surface area contributed by atoms with Crippen LogP contribution in [0.4, 0.5) is 0 Å². The van der Waals surface area contributed by atoms with E-state index in [2.05, 4.69) is 15.4 Å². The first-order chi connectivity index (χ1) is 15.5. The molecule has 1 aromatic carbocycles. The van der Waals surface area contributed by atoms with Crippen molar-refractivity contribution in [1.82, 2.24) is 19.8 Å². The summed E-state index contributed by atoms with van der Waals surface area (Å²) < 4.78 is 28.7. The van der Waals surface area contributed by atoms with E-state index in [0.29, 0.717) is 17.0 Å². The number of nitrogens with one attached hydrogen (secondary N) is 1. The Morgan fingerprint density at radius 2 is 1.81 bits per heavy atom. The van der Waals surface area contributed by atoms with Gasteiger partial charge in [-0.1, -0.05) is 28.7 Å². The molecule has 0 fully saturated rings. The average Bonchev–Trinajstić information content (AvgIpc) is 3.50. The summed E-state index contributed by atoms with van der Waals surface area (Å²) in [6, 6.07) is 18.4. The van der Waals surface area contributed by atoms with Crippen molar-refractivity contribution in [1.29, 1.82) is 0 Å². The smallest absolute Gasteiger partial charge is 0.270 e. The van der Waals surface area contributed by atoms with Crippen molar-refractivity contribution in [3.63, 3.8) is 0 Å². The molecule has 0 aliphatic carbocycles. The first-order valence-electron chi connectivity index (χ1n) is 9.76. The predicted octanol–water partition coefficient (Wildman–Crippen LogP) is 4.20. The van der Waals surface area contributed by atoms with E-state index in [0.717, 1.165) is 21.8 Å². The van der Waals surface area contributed by atoms with Crippen molar-refractivity contribution in [2.45, 2.75) is 10.3 Å². The monoisotopic (exact) mass is 462 g/mol. The third kappa shape index (κ3) is 3.66. The van der Waals surface area contributed by atoms with Gasteiger partial charge in [-0.2, -0.15) is 0 Å². The zero-order valence-electron chi connectivity index (χ0n) is 16.7. The molecule has 7 nitrogen and oxygen atoms in total. The second-order valence-corrected chi connectivity index (χ2v) is 10.2. The summed E-state index contributed by atoms with van der Waals surface area (Å²) in [7, 11) is -3.95. The SMILES string of the molecule is O=S(=O)(c1ccc(-c2ccccn2)s1)N1NC(c2cccnc2)=CC1c1ccccc1O. The number of aromatic hydroxyl groups is 1. The van der Waals surface area contributed by atoms with Crippen LogP contribution in [0.15, 0.2) is 95.6 Å². The molecule has 4 aromatic rings. The number of phenols is 1. The zero-order chi connectivity index (χ0) is 22.1. The normalized spacial score (nSPS) is 16.5. The number of phenolic OH excluding ortho intramolecular Hbond substituents is 1. The number of sulfonamides is 1. The van der Waals surface area contributed by atoms with E-state index in [4.69, 9.17) is 0 Å². The minimum atomic E-state index is -3.95. The number of aromatic nitrogens is 2. The highest BCUT2D eigenvalue weighted by molar-refractivity contribution is 7.91. The molecule has 0 bridgehead atoms. The number of benzene rings is 1. The maximum absolute atomic E-state index is 13.7. The first-order valence-corrected chi connectivity index (χ1v) is 12.0. The van der Waals surface area contributed by atoms with Gasteiger partial charge in [-0.25, -0.2) is 8.42 Å². The highest BCUT2D eigenvalue weighted by atomic mass is 32.2. The Morgan fingerprint density at radius 3 is 2.56 bits per heavy atom. The van der Waals surface area contributed by atoms with Gasteiger partial charge in [-0.05, 0) is 48.5 Å². The lowest BCUT2D eigenvalue weighted by molar-refractivity contribution is 0.340. The molecular weight excluding hydrogens is 444 g/mol. The minimum absolute atomic E-state index is 0.0172. The van der Waals surface area contributed by atoms with Gasteiger partial charge in [0.25, 0.3) is 10.0 Å². The van der Waals surface area contributed by atoms with Crippen LogP contribution in [0.3, 0.4) is 0 Å². The number of thiophene rings is 1. The van der Waals surface area contributed by atoms with E-state index in [1.165, 1.54) is 4.41 Å². The maximum Gasteiger partial charge on any atom is 0.270 e. The Labute approximate surface area is 189 Å². The molecule has 1 aliphatic rings. The summed E-state index contributed by atoms with van der Waals surface area (Å²) in [6.45, 7) is 0. The van der Waals surface area contributed by atoms with Gasteiger partial charge in [0.1, 0.15) is 9.96 Å². The second-order valence-electron chi connectivity index (χ2n) is 7.07. The molecule has 0 saturated carbocycles. The Morgan fingerprint density at radius 1 is 0.969 bits per heavy atom. The van der Waals surface area contributed by atoms with E-state index < -0.39 is 16.1 Å². The molecule has 1 atom stereocenters. The van der Waals surface area contributed by atoms with E-state index in [9.17, 15) is 13.5 Å². The highest BCUT2D eigenvalue weighted by Crippen LogP contribution is 2.40. The summed E-state index contributed by atoms with van der Waals surface area (Å²) in [6.07, 6.45) is 6.75. The summed E-state index contributed by atoms with van der Waals surface area (Å²) in [4.78, 5) is 9.18. The van der Waals surface area contributed by atoms with E-state index in [1.807, 2.05) is 24.3 Å². The second kappa shape index (κ2) is 8.19. The van der Waals surface area contributed by atoms with Crippen molar-refractivity contribution in [3.8, 4) is 16.3 Å². The quantitative estimate of drug-likeness (QED) is 0.462. The van der Waals surface area contributed by atoms with Crippen LogP contribution in [0.2, 0.25) is 0 Å². The zero-order valence-corrected chi connectivity index (χ0v) is 18.3. The van der Waals surface area contributed by atoms with Gasteiger partial charge in [0, 0.05) is 29.7 Å². The van der Waals surface area contributed by atoms with Gasteiger partial charge in [0.2, 0.25) is 0 Å². The van der Waals surface area contributed by atoms with Crippen molar-refractivity contribution in [3.05, 3.63) is 103 Å². The molecule has 32 heavy (non-hydrogen) atoms. The van der Waals surface area contributed by atoms with Gasteiger partial charge in [0.15, 0.2) is 0 Å². The standard InChI is InChI=1S/C23H18N4O3S2/c28-21-9-2-1-7-17(21)20-14-19(16-6-5-12-24-15-16)26-27(20)32(29,30)23-11-10-22(31-23)18-8-3-4-13-25-18/h1-15,20,26,28H. The summed E-state index contributed by atoms with van der Waals surface area (Å²) >= 11 is 1.15. The third-order valence-corrected chi connectivity index (χ3v) is 8.31. The van der Waals surface area contributed by atoms with Gasteiger partial charge >= 0.3 is 0 Å². The van der Waals surface area contributed by atoms with Crippen LogP contribution in [0.25, 0.3) is 16.3 Å². The number of nitrogens with zero attached hydrogens (tertiary/aromatic N) is 3. The number of pyridine rings is 2. The van der Waals surface area contributed by atoms with Crippen molar-refractivity contribution in [2.75, 3.05) is 0 Å². The summed E-state index contributed by atoms with van der Waals surface area (Å²) in [5, 5.41) is 10.4. The number of hydrazine groups is 1. The average molecular weight is 463 g/mol. The highest BCUT2D eigenvalue weighted by Gasteiger charge is 2.39. The Balaban J connectivity index is 1.56. The summed E-state index contributed by atoms with van der Waals surface area (Å²) in [5.74, 6) is 0.0172. The molecule has 0 saturated heterocycles. The van der Waals surface area contributed by atoms with Crippen LogP contribution in [0.5, 0.6) is 5.75 Å². The Kier molecular flexibility index (Phi) is 5.22. The fraction of sp³-hybridized carbons (Fsp3) is 0.0435. The molecule has 1 aliphatic heterocycles. The maximum atomic E-state index is 13.7. The van der Waals surface area contributed by atoms with Gasteiger partial charge in [-0.15, -0.1) is 11.3 Å². The fourth-order valence-corrected chi connectivity index (χ4v) is 6.27. The van der Waals surface area contributed by atoms with Crippen LogP contribution in [0.1, 0.15) is 17.2 Å². The van der Waals surface area contributed by atoms with E-state index in [1.54, 1.807) is 67.1 Å². The largest absolute Gasteiger partial charge is 0.508 e. The molecular formula is C23H18N4O3S2. The van der Waals surface area contributed by atoms with Crippen molar-refractivity contribution in [2.24, 2.45) is 0 Å². The van der Waals surface area contributed by atoms with E-state index in [-0.39, 0.29) is 9.96 Å². The minimum Gasteiger partial charge on any atom is -0.508 e. The molecule has 2 N–H and O–H groups in total. The van der Waals surface area contributed by atoms with Gasteiger partial charge in [0.05, 0.1) is 22.3 Å². The number of hydrogen-bond donors (Lipinski definition) is 2. The molecule has 5 rings (SSSR count). The van der Waals surface area contributed by atoms with Crippen molar-refractivity contribution < 1.29 is 13.5 Å². The lowest BCUT2D eigenvalue weighted by Gasteiger charge is -2.24. The molecule has 3 aromatic heterocycles. The number of para-hydroxylation sites is 1. The number of rotatable bonds is 5. The Hall–Kier alpha value is -3.53. The molecule has 160 valence electrons. The lowest BCUT2D eigenvalue weighted by Crippen LogP contribution is -2.39. The van der Waals surface area contributed by atoms with Crippen LogP contribution in [-0.4, -0.2) is 27.9 Å². The molecule has 0 spiro atoms. The van der Waals surface area contributed by atoms with Crippen LogP contribution in [0, 0.1) is 0 Å². The fourth-order valence-electron chi connectivity index (χ4n) is 3.50. The Bertz CT molecular complexity index is 1390. The van der Waals surface area contributed by atoms with Crippen molar-refractivity contribution >= 4 is 27.1 Å². The van der Waals surface area contributed by atoms with Crippen LogP contribution < -0.4 is 5.43 Å². The predicted molar refractivity (Wildman–Crippen MR) is 123 cm³/mol. The molecule has 0 amide bonds. The van der Waals surface area contributed by atoms with E-state index >= 15 is 0 Å².